The van der Waals surface area contributed by atoms with Crippen molar-refractivity contribution >= 4 is 21.7 Å². The SMILES string of the molecule is O=C(OCc1ccc(F)cc1)c1ccc([C@H]2Nc3ccccc3S(=O)(=O)N2)cc1. The quantitative estimate of drug-likeness (QED) is 0.640. The van der Waals surface area contributed by atoms with Gasteiger partial charge in [-0.05, 0) is 47.5 Å². The number of sulfonamides is 1. The van der Waals surface area contributed by atoms with Crippen molar-refractivity contribution in [2.45, 2.75) is 17.7 Å². The summed E-state index contributed by atoms with van der Waals surface area (Å²) in [6.45, 7) is 0.0294. The average Bonchev–Trinajstić information content (AvgIpc) is 2.73. The molecule has 1 heterocycles. The highest BCUT2D eigenvalue weighted by molar-refractivity contribution is 7.89. The number of para-hydroxylation sites is 1. The first-order valence-electron chi connectivity index (χ1n) is 8.82. The molecule has 29 heavy (non-hydrogen) atoms. The third-order valence-corrected chi connectivity index (χ3v) is 5.99. The zero-order valence-electron chi connectivity index (χ0n) is 15.1. The van der Waals surface area contributed by atoms with E-state index in [1.807, 2.05) is 0 Å². The van der Waals surface area contributed by atoms with E-state index in [0.717, 1.165) is 0 Å². The highest BCUT2D eigenvalue weighted by atomic mass is 32.2. The van der Waals surface area contributed by atoms with Crippen LogP contribution in [-0.2, 0) is 21.4 Å². The average molecular weight is 412 g/mol. The molecule has 0 fully saturated rings. The summed E-state index contributed by atoms with van der Waals surface area (Å²) in [5.41, 5.74) is 2.17. The van der Waals surface area contributed by atoms with E-state index in [0.29, 0.717) is 22.4 Å². The van der Waals surface area contributed by atoms with Crippen molar-refractivity contribution < 1.29 is 22.3 Å². The lowest BCUT2D eigenvalue weighted by molar-refractivity contribution is 0.0472. The molecule has 0 saturated carbocycles. The number of fused-ring (bicyclic) bond motifs is 1. The lowest BCUT2D eigenvalue weighted by atomic mass is 10.1. The smallest absolute Gasteiger partial charge is 0.338 e. The fourth-order valence-electron chi connectivity index (χ4n) is 3.00. The fourth-order valence-corrected chi connectivity index (χ4v) is 4.31. The maximum atomic E-state index is 12.9. The van der Waals surface area contributed by atoms with E-state index in [-0.39, 0.29) is 17.3 Å². The summed E-state index contributed by atoms with van der Waals surface area (Å²) in [6.07, 6.45) is -0.654. The van der Waals surface area contributed by atoms with Gasteiger partial charge in [-0.1, -0.05) is 36.4 Å². The van der Waals surface area contributed by atoms with Crippen molar-refractivity contribution in [1.29, 1.82) is 0 Å². The molecule has 0 aromatic heterocycles. The van der Waals surface area contributed by atoms with Gasteiger partial charge in [-0.2, -0.15) is 4.72 Å². The van der Waals surface area contributed by atoms with Crippen LogP contribution >= 0.6 is 0 Å². The zero-order valence-corrected chi connectivity index (χ0v) is 15.9. The third-order valence-electron chi connectivity index (χ3n) is 4.51. The van der Waals surface area contributed by atoms with Crippen LogP contribution in [0.5, 0.6) is 0 Å². The van der Waals surface area contributed by atoms with E-state index >= 15 is 0 Å². The van der Waals surface area contributed by atoms with Crippen LogP contribution in [0.15, 0.2) is 77.7 Å². The Morgan fingerprint density at radius 3 is 2.38 bits per heavy atom. The molecule has 0 amide bonds. The number of rotatable bonds is 4. The molecule has 2 N–H and O–H groups in total. The van der Waals surface area contributed by atoms with Crippen molar-refractivity contribution in [3.8, 4) is 0 Å². The van der Waals surface area contributed by atoms with Crippen molar-refractivity contribution in [3.63, 3.8) is 0 Å². The number of hydrogen-bond donors (Lipinski definition) is 2. The summed E-state index contributed by atoms with van der Waals surface area (Å²) in [7, 11) is -3.64. The van der Waals surface area contributed by atoms with Crippen LogP contribution in [0.1, 0.15) is 27.7 Å². The molecule has 0 saturated heterocycles. The molecule has 3 aromatic rings. The number of carbonyl (C=O) groups is 1. The summed E-state index contributed by atoms with van der Waals surface area (Å²) in [5.74, 6) is -0.881. The number of anilines is 1. The zero-order chi connectivity index (χ0) is 20.4. The standard InChI is InChI=1S/C21H17FN2O4S/c22-17-11-5-14(6-12-17)13-28-21(25)16-9-7-15(8-10-16)20-23-18-3-1-2-4-19(18)29(26,27)24-20/h1-12,20,23-24H,13H2/t20-/m0/s1. The fraction of sp³-hybridized carbons (Fsp3) is 0.0952. The van der Waals surface area contributed by atoms with Crippen LogP contribution in [0.25, 0.3) is 0 Å². The van der Waals surface area contributed by atoms with E-state index < -0.39 is 22.2 Å². The Morgan fingerprint density at radius 1 is 0.966 bits per heavy atom. The molecule has 148 valence electrons. The van der Waals surface area contributed by atoms with E-state index in [2.05, 4.69) is 10.0 Å². The molecule has 0 unspecified atom stereocenters. The summed E-state index contributed by atoms with van der Waals surface area (Å²) < 4.78 is 45.6. The maximum Gasteiger partial charge on any atom is 0.338 e. The predicted molar refractivity (Wildman–Crippen MR) is 105 cm³/mol. The minimum Gasteiger partial charge on any atom is -0.457 e. The number of halogens is 1. The van der Waals surface area contributed by atoms with Gasteiger partial charge in [-0.25, -0.2) is 17.6 Å². The lowest BCUT2D eigenvalue weighted by Crippen LogP contribution is -2.38. The lowest BCUT2D eigenvalue weighted by Gasteiger charge is -2.28. The van der Waals surface area contributed by atoms with Crippen molar-refractivity contribution in [2.24, 2.45) is 0 Å². The van der Waals surface area contributed by atoms with Gasteiger partial charge in [0.15, 0.2) is 0 Å². The summed E-state index contributed by atoms with van der Waals surface area (Å²) in [4.78, 5) is 12.4. The molecule has 0 aliphatic carbocycles. The second-order valence-electron chi connectivity index (χ2n) is 6.52. The van der Waals surface area contributed by atoms with Gasteiger partial charge >= 0.3 is 5.97 Å². The molecule has 6 nitrogen and oxygen atoms in total. The second kappa shape index (κ2) is 7.65. The van der Waals surface area contributed by atoms with E-state index in [4.69, 9.17) is 4.74 Å². The van der Waals surface area contributed by atoms with Crippen molar-refractivity contribution in [3.05, 3.63) is 95.3 Å². The van der Waals surface area contributed by atoms with Crippen LogP contribution in [-0.4, -0.2) is 14.4 Å². The Hall–Kier alpha value is -3.23. The first kappa shape index (κ1) is 19.1. The summed E-state index contributed by atoms with van der Waals surface area (Å²) in [5, 5.41) is 3.13. The van der Waals surface area contributed by atoms with E-state index in [1.54, 1.807) is 54.6 Å². The number of ether oxygens (including phenoxy) is 1. The van der Waals surface area contributed by atoms with Crippen LogP contribution in [0.4, 0.5) is 10.1 Å². The van der Waals surface area contributed by atoms with E-state index in [9.17, 15) is 17.6 Å². The van der Waals surface area contributed by atoms with Crippen LogP contribution in [0.2, 0.25) is 0 Å². The Bertz CT molecular complexity index is 1150. The molecule has 0 radical (unpaired) electrons. The van der Waals surface area contributed by atoms with Crippen LogP contribution in [0.3, 0.4) is 0 Å². The van der Waals surface area contributed by atoms with Gasteiger partial charge in [0.2, 0.25) is 10.0 Å². The molecular formula is C21H17FN2O4S. The molecule has 0 bridgehead atoms. The number of benzene rings is 3. The first-order chi connectivity index (χ1) is 13.9. The maximum absolute atomic E-state index is 12.9. The molecule has 4 rings (SSSR count). The first-order valence-corrected chi connectivity index (χ1v) is 10.3. The molecule has 1 aliphatic rings. The highest BCUT2D eigenvalue weighted by Gasteiger charge is 2.29. The van der Waals surface area contributed by atoms with Gasteiger partial charge in [0.05, 0.1) is 11.3 Å². The van der Waals surface area contributed by atoms with Crippen LogP contribution in [0, 0.1) is 5.82 Å². The Kier molecular flexibility index (Phi) is 5.04. The molecular weight excluding hydrogens is 395 g/mol. The Labute approximate surface area is 167 Å². The molecule has 0 spiro atoms. The Morgan fingerprint density at radius 2 is 1.66 bits per heavy atom. The largest absolute Gasteiger partial charge is 0.457 e. The van der Waals surface area contributed by atoms with Crippen molar-refractivity contribution in [1.82, 2.24) is 4.72 Å². The normalized spacial score (nSPS) is 17.1. The second-order valence-corrected chi connectivity index (χ2v) is 8.20. The molecule has 8 heteroatoms. The van der Waals surface area contributed by atoms with Gasteiger partial charge < -0.3 is 10.1 Å². The van der Waals surface area contributed by atoms with Crippen LogP contribution < -0.4 is 10.0 Å². The topological polar surface area (TPSA) is 84.5 Å². The number of nitrogens with one attached hydrogen (secondary N) is 2. The monoisotopic (exact) mass is 412 g/mol. The van der Waals surface area contributed by atoms with Gasteiger partial charge in [0.25, 0.3) is 0 Å². The van der Waals surface area contributed by atoms with Gasteiger partial charge in [0.1, 0.15) is 23.5 Å². The minimum absolute atomic E-state index is 0.0294. The van der Waals surface area contributed by atoms with Gasteiger partial charge in [-0.3, -0.25) is 0 Å². The Balaban J connectivity index is 1.45. The number of carbonyl (C=O) groups excluding carboxylic acids is 1. The molecule has 1 atom stereocenters. The third kappa shape index (κ3) is 4.13. The molecule has 1 aliphatic heterocycles. The minimum atomic E-state index is -3.64. The van der Waals surface area contributed by atoms with Crippen molar-refractivity contribution in [2.75, 3.05) is 5.32 Å². The number of esters is 1. The summed E-state index contributed by atoms with van der Waals surface area (Å²) >= 11 is 0. The van der Waals surface area contributed by atoms with Gasteiger partial charge in [0, 0.05) is 0 Å². The van der Waals surface area contributed by atoms with Gasteiger partial charge in [-0.15, -0.1) is 0 Å². The molecule has 3 aromatic carbocycles. The highest BCUT2D eigenvalue weighted by Crippen LogP contribution is 2.30. The summed E-state index contributed by atoms with van der Waals surface area (Å²) in [6, 6.07) is 18.8. The number of hydrogen-bond acceptors (Lipinski definition) is 5. The van der Waals surface area contributed by atoms with E-state index in [1.165, 1.54) is 18.2 Å². The predicted octanol–water partition coefficient (Wildman–Crippen LogP) is 3.59.